The number of unbranched alkanes of at least 4 members (excludes halogenated alkanes) is 1. The van der Waals surface area contributed by atoms with Crippen molar-refractivity contribution in [1.29, 1.82) is 0 Å². The average Bonchev–Trinajstić information content (AvgIpc) is 2.91. The summed E-state index contributed by atoms with van der Waals surface area (Å²) < 4.78 is 24.1. The second-order valence-corrected chi connectivity index (χ2v) is 10.2. The number of carbonyl (C=O) groups is 2. The molecule has 1 aromatic carbocycles. The molecule has 0 amide bonds. The predicted molar refractivity (Wildman–Crippen MR) is 105 cm³/mol. The molecule has 1 aliphatic heterocycles. The zero-order valence-corrected chi connectivity index (χ0v) is 17.0. The van der Waals surface area contributed by atoms with Gasteiger partial charge in [0.05, 0.1) is 21.2 Å². The quantitative estimate of drug-likeness (QED) is 0.393. The Balaban J connectivity index is 2.01. The van der Waals surface area contributed by atoms with E-state index in [1.165, 1.54) is 12.1 Å². The molecule has 0 saturated heterocycles. The van der Waals surface area contributed by atoms with Crippen LogP contribution < -0.4 is 0 Å². The highest BCUT2D eigenvalue weighted by Crippen LogP contribution is 2.38. The number of rotatable bonds is 6. The Labute approximate surface area is 163 Å². The fourth-order valence-corrected chi connectivity index (χ4v) is 6.60. The summed E-state index contributed by atoms with van der Waals surface area (Å²) in [5.74, 6) is 0.390. The molecule has 1 aliphatic carbocycles. The van der Waals surface area contributed by atoms with Crippen molar-refractivity contribution in [3.8, 4) is 0 Å². The van der Waals surface area contributed by atoms with Crippen LogP contribution in [0.3, 0.4) is 0 Å². The topological polar surface area (TPSA) is 68.3 Å². The standard InChI is InChI=1S/C19H21ClO4S2/c1-2-3-10-25-15-6-4-5-14(21)17(15)19(22)13-7-8-16-12(18(13)20)9-11-26(16,23)24/h7-8H,2-6,9-11H2,1H3. The molecule has 26 heavy (non-hydrogen) atoms. The summed E-state index contributed by atoms with van der Waals surface area (Å²) in [4.78, 5) is 26.6. The number of hydrogen-bond acceptors (Lipinski definition) is 5. The molecule has 0 bridgehead atoms. The fourth-order valence-electron chi connectivity index (χ4n) is 3.34. The lowest BCUT2D eigenvalue weighted by atomic mass is 9.91. The van der Waals surface area contributed by atoms with E-state index in [1.54, 1.807) is 11.8 Å². The van der Waals surface area contributed by atoms with Crippen molar-refractivity contribution in [2.24, 2.45) is 0 Å². The molecule has 1 heterocycles. The van der Waals surface area contributed by atoms with Crippen LogP contribution in [0.25, 0.3) is 0 Å². The zero-order valence-electron chi connectivity index (χ0n) is 14.6. The number of fused-ring (bicyclic) bond motifs is 1. The van der Waals surface area contributed by atoms with Gasteiger partial charge in [-0.25, -0.2) is 8.42 Å². The van der Waals surface area contributed by atoms with Crippen LogP contribution >= 0.6 is 23.4 Å². The Morgan fingerprint density at radius 2 is 2.00 bits per heavy atom. The van der Waals surface area contributed by atoms with Crippen LogP contribution in [0.5, 0.6) is 0 Å². The number of hydrogen-bond donors (Lipinski definition) is 0. The first kappa shape index (κ1) is 19.6. The molecule has 4 nitrogen and oxygen atoms in total. The van der Waals surface area contributed by atoms with E-state index in [9.17, 15) is 18.0 Å². The van der Waals surface area contributed by atoms with Gasteiger partial charge >= 0.3 is 0 Å². The second-order valence-electron chi connectivity index (χ2n) is 6.58. The van der Waals surface area contributed by atoms with E-state index >= 15 is 0 Å². The molecular weight excluding hydrogens is 392 g/mol. The number of allylic oxidation sites excluding steroid dienone is 2. The van der Waals surface area contributed by atoms with E-state index < -0.39 is 9.84 Å². The third-order valence-electron chi connectivity index (χ3n) is 4.77. The maximum absolute atomic E-state index is 13.1. The number of ketones is 2. The van der Waals surface area contributed by atoms with Crippen molar-refractivity contribution in [3.63, 3.8) is 0 Å². The largest absolute Gasteiger partial charge is 0.294 e. The third-order valence-corrected chi connectivity index (χ3v) is 8.24. The van der Waals surface area contributed by atoms with Gasteiger partial charge in [-0.2, -0.15) is 0 Å². The Morgan fingerprint density at radius 1 is 1.23 bits per heavy atom. The van der Waals surface area contributed by atoms with Gasteiger partial charge in [-0.15, -0.1) is 11.8 Å². The van der Waals surface area contributed by atoms with E-state index in [2.05, 4.69) is 6.92 Å². The maximum Gasteiger partial charge on any atom is 0.198 e. The predicted octanol–water partition coefficient (Wildman–Crippen LogP) is 4.39. The number of sulfone groups is 1. The van der Waals surface area contributed by atoms with Crippen molar-refractivity contribution in [3.05, 3.63) is 38.8 Å². The van der Waals surface area contributed by atoms with Crippen molar-refractivity contribution < 1.29 is 18.0 Å². The minimum Gasteiger partial charge on any atom is -0.294 e. The highest BCUT2D eigenvalue weighted by Gasteiger charge is 2.33. The molecule has 140 valence electrons. The summed E-state index contributed by atoms with van der Waals surface area (Å²) >= 11 is 7.98. The van der Waals surface area contributed by atoms with Crippen LogP contribution in [-0.2, 0) is 21.1 Å². The first-order chi connectivity index (χ1) is 12.4. The summed E-state index contributed by atoms with van der Waals surface area (Å²) in [6, 6.07) is 2.91. The Hall–Kier alpha value is -1.11. The Kier molecular flexibility index (Phi) is 5.94. The van der Waals surface area contributed by atoms with Gasteiger partial charge in [-0.3, -0.25) is 9.59 Å². The molecule has 0 unspecified atom stereocenters. The molecule has 0 aromatic heterocycles. The molecule has 1 aromatic rings. The summed E-state index contributed by atoms with van der Waals surface area (Å²) in [6.07, 6.45) is 4.26. The first-order valence-electron chi connectivity index (χ1n) is 8.84. The van der Waals surface area contributed by atoms with Crippen LogP contribution in [0.4, 0.5) is 0 Å². The summed E-state index contributed by atoms with van der Waals surface area (Å²) in [6.45, 7) is 2.10. The van der Waals surface area contributed by atoms with Crippen LogP contribution in [0.2, 0.25) is 5.02 Å². The molecular formula is C19H21ClO4S2. The van der Waals surface area contributed by atoms with Crippen molar-refractivity contribution in [2.45, 2.75) is 50.3 Å². The smallest absolute Gasteiger partial charge is 0.198 e. The van der Waals surface area contributed by atoms with E-state index in [-0.39, 0.29) is 38.4 Å². The SMILES string of the molecule is CCCCSC1=C(C(=O)c2ccc3c(c2Cl)CCS3(=O)=O)C(=O)CCC1. The summed E-state index contributed by atoms with van der Waals surface area (Å²) in [5, 5.41) is 0.178. The number of thioether (sulfide) groups is 1. The monoisotopic (exact) mass is 412 g/mol. The number of benzene rings is 1. The van der Waals surface area contributed by atoms with Crippen LogP contribution in [0.15, 0.2) is 27.5 Å². The van der Waals surface area contributed by atoms with Crippen LogP contribution in [0.1, 0.15) is 54.9 Å². The Bertz CT molecular complexity index is 900. The molecule has 0 saturated carbocycles. The van der Waals surface area contributed by atoms with Gasteiger partial charge in [-0.1, -0.05) is 24.9 Å². The van der Waals surface area contributed by atoms with Gasteiger partial charge in [0, 0.05) is 12.0 Å². The lowest BCUT2D eigenvalue weighted by Crippen LogP contribution is -2.19. The summed E-state index contributed by atoms with van der Waals surface area (Å²) in [5.41, 5.74) is 0.989. The number of carbonyl (C=O) groups excluding carboxylic acids is 2. The minimum atomic E-state index is -3.31. The van der Waals surface area contributed by atoms with E-state index in [0.29, 0.717) is 18.4 Å². The molecule has 7 heteroatoms. The lowest BCUT2D eigenvalue weighted by molar-refractivity contribution is -0.115. The van der Waals surface area contributed by atoms with Gasteiger partial charge in [0.1, 0.15) is 0 Å². The van der Waals surface area contributed by atoms with E-state index in [4.69, 9.17) is 11.6 Å². The molecule has 3 rings (SSSR count). The van der Waals surface area contributed by atoms with Crippen molar-refractivity contribution in [2.75, 3.05) is 11.5 Å². The van der Waals surface area contributed by atoms with Crippen LogP contribution in [0, 0.1) is 0 Å². The van der Waals surface area contributed by atoms with Gasteiger partial charge < -0.3 is 0 Å². The Morgan fingerprint density at radius 3 is 2.73 bits per heavy atom. The molecule has 2 aliphatic rings. The van der Waals surface area contributed by atoms with Gasteiger partial charge in [0.2, 0.25) is 0 Å². The summed E-state index contributed by atoms with van der Waals surface area (Å²) in [7, 11) is -3.31. The zero-order chi connectivity index (χ0) is 18.9. The van der Waals surface area contributed by atoms with Crippen molar-refractivity contribution in [1.82, 2.24) is 0 Å². The molecule has 0 N–H and O–H groups in total. The first-order valence-corrected chi connectivity index (χ1v) is 11.9. The van der Waals surface area contributed by atoms with Crippen LogP contribution in [-0.4, -0.2) is 31.5 Å². The maximum atomic E-state index is 13.1. The molecule has 0 atom stereocenters. The van der Waals surface area contributed by atoms with Gasteiger partial charge in [-0.05, 0) is 54.0 Å². The molecule has 0 spiro atoms. The lowest BCUT2D eigenvalue weighted by Gasteiger charge is -2.19. The molecule has 0 radical (unpaired) electrons. The van der Waals surface area contributed by atoms with Gasteiger partial charge in [0.25, 0.3) is 0 Å². The number of halogens is 1. The fraction of sp³-hybridized carbons (Fsp3) is 0.474. The minimum absolute atomic E-state index is 0.0133. The van der Waals surface area contributed by atoms with Crippen molar-refractivity contribution >= 4 is 44.8 Å². The van der Waals surface area contributed by atoms with Gasteiger partial charge in [0.15, 0.2) is 21.4 Å². The van der Waals surface area contributed by atoms with E-state index in [1.807, 2.05) is 0 Å². The third kappa shape index (κ3) is 3.64. The average molecular weight is 413 g/mol. The van der Waals surface area contributed by atoms with E-state index in [0.717, 1.165) is 36.3 Å². The molecule has 0 fully saturated rings. The highest BCUT2D eigenvalue weighted by molar-refractivity contribution is 8.03. The highest BCUT2D eigenvalue weighted by atomic mass is 35.5. The second kappa shape index (κ2) is 7.87. The normalized spacial score (nSPS) is 18.9. The number of Topliss-reactive ketones (excluding diaryl/α,β-unsaturated/α-hetero) is 2.